The van der Waals surface area contributed by atoms with Crippen molar-refractivity contribution in [2.75, 3.05) is 53.3 Å². The molecule has 1 aromatic carbocycles. The molecule has 0 spiro atoms. The number of hydrogen-bond donors (Lipinski definition) is 2. The van der Waals surface area contributed by atoms with Crippen LogP contribution >= 0.6 is 11.6 Å². The van der Waals surface area contributed by atoms with Crippen LogP contribution in [0.5, 0.6) is 0 Å². The molecular formula is C35H45ClN2O16. The van der Waals surface area contributed by atoms with Gasteiger partial charge in [0.1, 0.15) is 18.8 Å². The van der Waals surface area contributed by atoms with Gasteiger partial charge >= 0.3 is 29.8 Å². The lowest BCUT2D eigenvalue weighted by atomic mass is 9.87. The van der Waals surface area contributed by atoms with Crippen LogP contribution < -0.4 is 10.6 Å². The Balaban J connectivity index is 2.60. The molecule has 6 atom stereocenters. The first-order chi connectivity index (χ1) is 25.6. The molecule has 0 bridgehead atoms. The number of ether oxygens (including phenoxy) is 9. The Bertz CT molecular complexity index is 1500. The first kappa shape index (κ1) is 45.4. The SMILES string of the molecule is C#CCOCCOCCO[C@]1(C(=O)OC)C[C@H](OC(C)=O)[C@@H](NC(=O)COC(C)=O)[C@H]([C@H](OC(C)=O)[C@@H](CNC(=O)Cc2ccc(Cl)cc2)OC(C)=O)O1. The maximum atomic E-state index is 13.5. The fourth-order valence-electron chi connectivity index (χ4n) is 5.22. The minimum atomic E-state index is -2.42. The largest absolute Gasteiger partial charge is 0.465 e. The molecule has 54 heavy (non-hydrogen) atoms. The topological polar surface area (TPSA) is 227 Å². The van der Waals surface area contributed by atoms with E-state index in [-0.39, 0.29) is 39.5 Å². The molecule has 19 heteroatoms. The van der Waals surface area contributed by atoms with Crippen molar-refractivity contribution in [3.8, 4) is 12.3 Å². The molecule has 2 N–H and O–H groups in total. The van der Waals surface area contributed by atoms with Gasteiger partial charge in [0.2, 0.25) is 5.91 Å². The quantitative estimate of drug-likeness (QED) is 0.0734. The Labute approximate surface area is 317 Å². The molecule has 2 rings (SSSR count). The molecule has 2 amide bonds. The molecule has 1 aromatic rings. The predicted octanol–water partition coefficient (Wildman–Crippen LogP) is 0.183. The summed E-state index contributed by atoms with van der Waals surface area (Å²) < 4.78 is 49.3. The normalized spacial score (nSPS) is 20.2. The molecule has 1 heterocycles. The van der Waals surface area contributed by atoms with Crippen LogP contribution in [0.25, 0.3) is 0 Å². The van der Waals surface area contributed by atoms with E-state index < -0.39 is 97.5 Å². The van der Waals surface area contributed by atoms with Crippen LogP contribution in [0.1, 0.15) is 39.7 Å². The third kappa shape index (κ3) is 15.7. The first-order valence-corrected chi connectivity index (χ1v) is 16.9. The number of hydrogen-bond acceptors (Lipinski definition) is 16. The molecule has 1 aliphatic rings. The van der Waals surface area contributed by atoms with Gasteiger partial charge in [-0.05, 0) is 17.7 Å². The number of amides is 2. The molecule has 0 aliphatic carbocycles. The summed E-state index contributed by atoms with van der Waals surface area (Å²) >= 11 is 5.94. The lowest BCUT2D eigenvalue weighted by Crippen LogP contribution is -2.70. The van der Waals surface area contributed by atoms with Gasteiger partial charge in [-0.15, -0.1) is 6.42 Å². The van der Waals surface area contributed by atoms with E-state index in [4.69, 9.17) is 60.7 Å². The number of rotatable bonds is 21. The van der Waals surface area contributed by atoms with Crippen LogP contribution in [-0.4, -0.2) is 131 Å². The van der Waals surface area contributed by atoms with Crippen molar-refractivity contribution < 1.29 is 76.2 Å². The molecule has 18 nitrogen and oxygen atoms in total. The van der Waals surface area contributed by atoms with E-state index in [1.807, 2.05) is 0 Å². The summed E-state index contributed by atoms with van der Waals surface area (Å²) in [5.74, 6) is -6.19. The molecule has 0 saturated carbocycles. The molecule has 1 fully saturated rings. The number of carbonyl (C=O) groups excluding carboxylic acids is 7. The highest BCUT2D eigenvalue weighted by Gasteiger charge is 2.59. The predicted molar refractivity (Wildman–Crippen MR) is 184 cm³/mol. The van der Waals surface area contributed by atoms with Crippen molar-refractivity contribution in [2.45, 2.75) is 76.8 Å². The lowest BCUT2D eigenvalue weighted by Gasteiger charge is -2.48. The number of esters is 5. The van der Waals surface area contributed by atoms with Crippen molar-refractivity contribution in [3.05, 3.63) is 34.9 Å². The fourth-order valence-corrected chi connectivity index (χ4v) is 5.34. The first-order valence-electron chi connectivity index (χ1n) is 16.5. The van der Waals surface area contributed by atoms with Gasteiger partial charge in [0.25, 0.3) is 11.7 Å². The molecule has 1 saturated heterocycles. The third-order valence-corrected chi connectivity index (χ3v) is 7.56. The van der Waals surface area contributed by atoms with Crippen LogP contribution in [0.3, 0.4) is 0 Å². The van der Waals surface area contributed by atoms with Gasteiger partial charge < -0.3 is 53.3 Å². The molecule has 0 radical (unpaired) electrons. The summed E-state index contributed by atoms with van der Waals surface area (Å²) in [5, 5.41) is 5.60. The van der Waals surface area contributed by atoms with Gasteiger partial charge in [-0.3, -0.25) is 28.8 Å². The summed E-state index contributed by atoms with van der Waals surface area (Å²) in [5.41, 5.74) is 0.594. The van der Waals surface area contributed by atoms with Gasteiger partial charge in [0, 0.05) is 32.7 Å². The van der Waals surface area contributed by atoms with Crippen molar-refractivity contribution in [3.63, 3.8) is 0 Å². The van der Waals surface area contributed by atoms with Crippen LogP contribution in [-0.2, 0) is 82.6 Å². The minimum Gasteiger partial charge on any atom is -0.465 e. The third-order valence-electron chi connectivity index (χ3n) is 7.31. The highest BCUT2D eigenvalue weighted by atomic mass is 35.5. The second-order valence-corrected chi connectivity index (χ2v) is 12.0. The van der Waals surface area contributed by atoms with Crippen LogP contribution in [0.4, 0.5) is 0 Å². The molecule has 298 valence electrons. The Morgan fingerprint density at radius 1 is 0.907 bits per heavy atom. The number of carbonyl (C=O) groups is 7. The van der Waals surface area contributed by atoms with E-state index in [2.05, 4.69) is 16.6 Å². The Hall–Kier alpha value is -4.80. The highest BCUT2D eigenvalue weighted by molar-refractivity contribution is 6.30. The van der Waals surface area contributed by atoms with E-state index in [1.54, 1.807) is 24.3 Å². The molecular weight excluding hydrogens is 740 g/mol. The average molecular weight is 785 g/mol. The van der Waals surface area contributed by atoms with Crippen molar-refractivity contribution in [1.82, 2.24) is 10.6 Å². The Morgan fingerprint density at radius 2 is 1.56 bits per heavy atom. The van der Waals surface area contributed by atoms with Gasteiger partial charge in [0.05, 0.1) is 59.0 Å². The number of terminal acetylenes is 1. The van der Waals surface area contributed by atoms with E-state index in [0.29, 0.717) is 10.6 Å². The smallest absolute Gasteiger partial charge is 0.366 e. The molecule has 0 aromatic heterocycles. The number of benzene rings is 1. The number of methoxy groups -OCH3 is 1. The summed E-state index contributed by atoms with van der Waals surface area (Å²) in [7, 11) is 1.03. The maximum Gasteiger partial charge on any atom is 0.366 e. The minimum absolute atomic E-state index is 0.0700. The van der Waals surface area contributed by atoms with Crippen LogP contribution in [0, 0.1) is 12.3 Å². The maximum absolute atomic E-state index is 13.5. The standard InChI is InChI=1S/C35H45ClN2O16/c1-7-12-47-13-14-48-15-16-50-35(34(45)46-6)18-27(51-22(3)40)31(38-30(44)20-49-21(2)39)33(54-35)32(53-24(5)42)28(52-23(4)41)19-37-29(43)17-25-8-10-26(36)11-9-25/h1,8-11,27-28,31-33H,12-20H2,2-6H3,(H,37,43)(H,38,44)/t27-,28+,31+,32+,33+,35+/m0/s1. The second kappa shape index (κ2) is 23.1. The summed E-state index contributed by atoms with van der Waals surface area (Å²) in [6.07, 6.45) is -2.12. The van der Waals surface area contributed by atoms with Gasteiger partial charge in [-0.25, -0.2) is 4.79 Å². The van der Waals surface area contributed by atoms with Crippen LogP contribution in [0.2, 0.25) is 5.02 Å². The van der Waals surface area contributed by atoms with Crippen molar-refractivity contribution >= 4 is 53.3 Å². The summed E-state index contributed by atoms with van der Waals surface area (Å²) in [6, 6.07) is 4.94. The molecule has 0 unspecified atom stereocenters. The zero-order valence-electron chi connectivity index (χ0n) is 30.5. The lowest BCUT2D eigenvalue weighted by molar-refractivity contribution is -0.315. The second-order valence-electron chi connectivity index (χ2n) is 11.6. The van der Waals surface area contributed by atoms with Gasteiger partial charge in [-0.2, -0.15) is 0 Å². The zero-order chi connectivity index (χ0) is 40.3. The van der Waals surface area contributed by atoms with E-state index in [9.17, 15) is 33.6 Å². The van der Waals surface area contributed by atoms with E-state index >= 15 is 0 Å². The van der Waals surface area contributed by atoms with E-state index in [0.717, 1.165) is 34.8 Å². The Morgan fingerprint density at radius 3 is 2.15 bits per heavy atom. The fraction of sp³-hybridized carbons (Fsp3) is 0.571. The van der Waals surface area contributed by atoms with Gasteiger partial charge in [-0.1, -0.05) is 29.7 Å². The monoisotopic (exact) mass is 784 g/mol. The Kier molecular flexibility index (Phi) is 19.4. The van der Waals surface area contributed by atoms with Crippen molar-refractivity contribution in [2.24, 2.45) is 0 Å². The van der Waals surface area contributed by atoms with Crippen LogP contribution in [0.15, 0.2) is 24.3 Å². The zero-order valence-corrected chi connectivity index (χ0v) is 31.3. The number of nitrogens with one attached hydrogen (secondary N) is 2. The highest BCUT2D eigenvalue weighted by Crippen LogP contribution is 2.37. The summed E-state index contributed by atoms with van der Waals surface area (Å²) in [4.78, 5) is 88.6. The van der Waals surface area contributed by atoms with Gasteiger partial charge in [0.15, 0.2) is 18.8 Å². The summed E-state index contributed by atoms with van der Waals surface area (Å²) in [6.45, 7) is 2.81. The molecule has 1 aliphatic heterocycles. The van der Waals surface area contributed by atoms with E-state index in [1.165, 1.54) is 0 Å². The van der Waals surface area contributed by atoms with Crippen molar-refractivity contribution in [1.29, 1.82) is 0 Å². The average Bonchev–Trinajstić information content (AvgIpc) is 3.10. The number of halogens is 1.